The number of phenolic OH excluding ortho intramolecular Hbond substituents is 1. The van der Waals surface area contributed by atoms with Crippen LogP contribution in [0.25, 0.3) is 0 Å². The molecule has 0 radical (unpaired) electrons. The van der Waals surface area contributed by atoms with Crippen molar-refractivity contribution in [1.82, 2.24) is 5.32 Å². The molecular weight excluding hydrogens is 282 g/mol. The van der Waals surface area contributed by atoms with Gasteiger partial charge in [0.05, 0.1) is 11.8 Å². The molecular formula is C17H19NO2S. The van der Waals surface area contributed by atoms with E-state index in [1.165, 1.54) is 17.3 Å². The predicted molar refractivity (Wildman–Crippen MR) is 86.6 cm³/mol. The summed E-state index contributed by atoms with van der Waals surface area (Å²) in [6, 6.07) is 15.0. The lowest BCUT2D eigenvalue weighted by Gasteiger charge is -2.16. The molecule has 1 amide bonds. The van der Waals surface area contributed by atoms with Crippen molar-refractivity contribution in [2.45, 2.75) is 24.8 Å². The number of rotatable bonds is 5. The molecule has 0 bridgehead atoms. The van der Waals surface area contributed by atoms with Crippen molar-refractivity contribution in [2.75, 3.05) is 5.75 Å². The molecule has 0 aliphatic rings. The molecule has 0 heterocycles. The molecule has 1 atom stereocenters. The van der Waals surface area contributed by atoms with Gasteiger partial charge < -0.3 is 10.4 Å². The second-order valence-electron chi connectivity index (χ2n) is 4.90. The number of hydrogen-bond acceptors (Lipinski definition) is 3. The van der Waals surface area contributed by atoms with E-state index >= 15 is 0 Å². The van der Waals surface area contributed by atoms with Crippen molar-refractivity contribution in [3.63, 3.8) is 0 Å². The highest BCUT2D eigenvalue weighted by Gasteiger charge is 2.12. The monoisotopic (exact) mass is 301 g/mol. The zero-order chi connectivity index (χ0) is 15.2. The van der Waals surface area contributed by atoms with Crippen LogP contribution in [0.1, 0.15) is 24.1 Å². The van der Waals surface area contributed by atoms with Gasteiger partial charge in [-0.2, -0.15) is 0 Å². The summed E-state index contributed by atoms with van der Waals surface area (Å²) in [5.74, 6) is 0.453. The fourth-order valence-electron chi connectivity index (χ4n) is 2.16. The van der Waals surface area contributed by atoms with Crippen LogP contribution in [0.2, 0.25) is 0 Å². The van der Waals surface area contributed by atoms with Gasteiger partial charge in [-0.3, -0.25) is 4.79 Å². The van der Waals surface area contributed by atoms with E-state index in [9.17, 15) is 9.90 Å². The first-order valence-corrected chi connectivity index (χ1v) is 7.82. The quantitative estimate of drug-likeness (QED) is 0.828. The summed E-state index contributed by atoms with van der Waals surface area (Å²) in [6.07, 6.45) is 0. The number of hydrogen-bond donors (Lipinski definition) is 2. The molecule has 1 unspecified atom stereocenters. The first-order chi connectivity index (χ1) is 10.1. The van der Waals surface area contributed by atoms with Crippen molar-refractivity contribution in [3.05, 3.63) is 59.7 Å². The van der Waals surface area contributed by atoms with Crippen LogP contribution in [-0.2, 0) is 4.79 Å². The van der Waals surface area contributed by atoms with Gasteiger partial charge in [0, 0.05) is 4.90 Å². The molecule has 0 fully saturated rings. The van der Waals surface area contributed by atoms with Gasteiger partial charge in [-0.05, 0) is 37.1 Å². The number of nitrogens with one attached hydrogen (secondary N) is 1. The lowest BCUT2D eigenvalue weighted by Crippen LogP contribution is -2.28. The Hall–Kier alpha value is -1.94. The maximum atomic E-state index is 12.0. The van der Waals surface area contributed by atoms with E-state index in [0.29, 0.717) is 0 Å². The van der Waals surface area contributed by atoms with Crippen LogP contribution in [0, 0.1) is 6.92 Å². The lowest BCUT2D eigenvalue weighted by atomic mass is 10.0. The molecule has 2 N–H and O–H groups in total. The SMILES string of the molecule is Cc1ccccc1C(C)NC(=O)CSc1ccccc1O. The van der Waals surface area contributed by atoms with Crippen molar-refractivity contribution >= 4 is 17.7 Å². The number of carbonyl (C=O) groups excluding carboxylic acids is 1. The molecule has 0 aromatic heterocycles. The smallest absolute Gasteiger partial charge is 0.230 e. The molecule has 0 aliphatic heterocycles. The number of aryl methyl sites for hydroxylation is 1. The number of amides is 1. The Balaban J connectivity index is 1.90. The molecule has 0 saturated carbocycles. The van der Waals surface area contributed by atoms with Gasteiger partial charge in [-0.1, -0.05) is 36.4 Å². The van der Waals surface area contributed by atoms with Crippen LogP contribution >= 0.6 is 11.8 Å². The first kappa shape index (κ1) is 15.4. The Morgan fingerprint density at radius 1 is 1.19 bits per heavy atom. The van der Waals surface area contributed by atoms with Crippen LogP contribution in [0.3, 0.4) is 0 Å². The number of carbonyl (C=O) groups is 1. The van der Waals surface area contributed by atoms with E-state index < -0.39 is 0 Å². The fraction of sp³-hybridized carbons (Fsp3) is 0.235. The van der Waals surface area contributed by atoms with Gasteiger partial charge in [-0.15, -0.1) is 11.8 Å². The lowest BCUT2D eigenvalue weighted by molar-refractivity contribution is -0.119. The molecule has 21 heavy (non-hydrogen) atoms. The molecule has 0 saturated heterocycles. The Bertz CT molecular complexity index is 628. The van der Waals surface area contributed by atoms with E-state index in [-0.39, 0.29) is 23.5 Å². The topological polar surface area (TPSA) is 49.3 Å². The second-order valence-corrected chi connectivity index (χ2v) is 5.92. The normalized spacial score (nSPS) is 11.9. The van der Waals surface area contributed by atoms with Crippen LogP contribution in [0.5, 0.6) is 5.75 Å². The van der Waals surface area contributed by atoms with E-state index in [1.54, 1.807) is 18.2 Å². The van der Waals surface area contributed by atoms with E-state index in [2.05, 4.69) is 5.32 Å². The summed E-state index contributed by atoms with van der Waals surface area (Å²) in [5, 5.41) is 12.7. The zero-order valence-electron chi connectivity index (χ0n) is 12.2. The number of thioether (sulfide) groups is 1. The molecule has 110 valence electrons. The summed E-state index contributed by atoms with van der Waals surface area (Å²) < 4.78 is 0. The maximum Gasteiger partial charge on any atom is 0.230 e. The third-order valence-corrected chi connectivity index (χ3v) is 4.32. The summed E-state index contributed by atoms with van der Waals surface area (Å²) in [6.45, 7) is 4.01. The van der Waals surface area contributed by atoms with Crippen molar-refractivity contribution in [1.29, 1.82) is 0 Å². The second kappa shape index (κ2) is 7.18. The summed E-state index contributed by atoms with van der Waals surface area (Å²) >= 11 is 1.33. The van der Waals surface area contributed by atoms with E-state index in [1.807, 2.05) is 44.2 Å². The summed E-state index contributed by atoms with van der Waals surface area (Å²) in [7, 11) is 0. The predicted octanol–water partition coefficient (Wildman–Crippen LogP) is 3.67. The highest BCUT2D eigenvalue weighted by Crippen LogP contribution is 2.27. The van der Waals surface area contributed by atoms with Gasteiger partial charge >= 0.3 is 0 Å². The van der Waals surface area contributed by atoms with Gasteiger partial charge in [0.1, 0.15) is 5.75 Å². The van der Waals surface area contributed by atoms with Crippen molar-refractivity contribution < 1.29 is 9.90 Å². The molecule has 4 heteroatoms. The summed E-state index contributed by atoms with van der Waals surface area (Å²) in [5.41, 5.74) is 2.29. The minimum atomic E-state index is -0.0426. The van der Waals surface area contributed by atoms with Crippen LogP contribution in [0.15, 0.2) is 53.4 Å². The highest BCUT2D eigenvalue weighted by molar-refractivity contribution is 8.00. The largest absolute Gasteiger partial charge is 0.507 e. The molecule has 2 rings (SSSR count). The number of aromatic hydroxyl groups is 1. The van der Waals surface area contributed by atoms with Crippen molar-refractivity contribution in [2.24, 2.45) is 0 Å². The Kier molecular flexibility index (Phi) is 5.28. The number of benzene rings is 2. The number of para-hydroxylation sites is 1. The minimum Gasteiger partial charge on any atom is -0.507 e. The average Bonchev–Trinajstić information content (AvgIpc) is 2.46. The van der Waals surface area contributed by atoms with Crippen LogP contribution in [-0.4, -0.2) is 16.8 Å². The van der Waals surface area contributed by atoms with Gasteiger partial charge in [0.15, 0.2) is 0 Å². The molecule has 2 aromatic carbocycles. The standard InChI is InChI=1S/C17H19NO2S/c1-12-7-3-4-8-14(12)13(2)18-17(20)11-21-16-10-6-5-9-15(16)19/h3-10,13,19H,11H2,1-2H3,(H,18,20). The number of phenols is 1. The Morgan fingerprint density at radius 3 is 2.57 bits per heavy atom. The van der Waals surface area contributed by atoms with Gasteiger partial charge in [0.25, 0.3) is 0 Å². The summed E-state index contributed by atoms with van der Waals surface area (Å²) in [4.78, 5) is 12.7. The van der Waals surface area contributed by atoms with E-state index in [4.69, 9.17) is 0 Å². The van der Waals surface area contributed by atoms with Gasteiger partial charge in [0.2, 0.25) is 5.91 Å². The average molecular weight is 301 g/mol. The molecule has 2 aromatic rings. The Labute approximate surface area is 129 Å². The van der Waals surface area contributed by atoms with Crippen LogP contribution in [0.4, 0.5) is 0 Å². The molecule has 0 spiro atoms. The Morgan fingerprint density at radius 2 is 1.86 bits per heavy atom. The van der Waals surface area contributed by atoms with Crippen molar-refractivity contribution in [3.8, 4) is 5.75 Å². The first-order valence-electron chi connectivity index (χ1n) is 6.83. The third-order valence-electron chi connectivity index (χ3n) is 3.26. The maximum absolute atomic E-state index is 12.0. The minimum absolute atomic E-state index is 0.0244. The third kappa shape index (κ3) is 4.26. The molecule has 0 aliphatic carbocycles. The van der Waals surface area contributed by atoms with Crippen LogP contribution < -0.4 is 5.32 Å². The van der Waals surface area contributed by atoms with E-state index in [0.717, 1.165) is 10.5 Å². The van der Waals surface area contributed by atoms with Gasteiger partial charge in [-0.25, -0.2) is 0 Å². The fourth-order valence-corrected chi connectivity index (χ4v) is 2.92. The highest BCUT2D eigenvalue weighted by atomic mass is 32.2. The zero-order valence-corrected chi connectivity index (χ0v) is 13.0. The molecule has 3 nitrogen and oxygen atoms in total.